The molecule has 1 rings (SSSR count). The minimum absolute atomic E-state index is 0.0405. The summed E-state index contributed by atoms with van der Waals surface area (Å²) in [5, 5.41) is 19.7. The van der Waals surface area contributed by atoms with Crippen LogP contribution in [0.5, 0.6) is 5.75 Å². The number of carbonyl (C=O) groups excluding carboxylic acids is 1. The Morgan fingerprint density at radius 2 is 2.26 bits per heavy atom. The van der Waals surface area contributed by atoms with Crippen LogP contribution in [0.25, 0.3) is 0 Å². The lowest BCUT2D eigenvalue weighted by Crippen LogP contribution is -2.41. The highest BCUT2D eigenvalue weighted by atomic mass is 127. The van der Waals surface area contributed by atoms with Crippen molar-refractivity contribution < 1.29 is 14.5 Å². The summed E-state index contributed by atoms with van der Waals surface area (Å²) in [5.41, 5.74) is 10.1. The van der Waals surface area contributed by atoms with Crippen LogP contribution in [0.4, 0.5) is 5.69 Å². The number of hydrogen-bond acceptors (Lipinski definition) is 6. The maximum atomic E-state index is 10.9. The van der Waals surface area contributed by atoms with Gasteiger partial charge in [-0.3, -0.25) is 14.9 Å². The molecule has 19 heavy (non-hydrogen) atoms. The van der Waals surface area contributed by atoms with E-state index in [1.807, 2.05) is 6.07 Å². The first-order valence-corrected chi connectivity index (χ1v) is 6.00. The molecule has 0 spiro atoms. The molecule has 4 N–H and O–H groups in total. The summed E-state index contributed by atoms with van der Waals surface area (Å²) >= 11 is 1.79. The molecule has 0 aliphatic heterocycles. The van der Waals surface area contributed by atoms with Crippen LogP contribution in [-0.4, -0.2) is 23.5 Å². The van der Waals surface area contributed by atoms with E-state index < -0.39 is 16.9 Å². The number of hydrogen-bond donors (Lipinski definition) is 2. The average Bonchev–Trinajstić information content (AvgIpc) is 2.35. The normalized spacial score (nSPS) is 11.4. The fourth-order valence-corrected chi connectivity index (χ4v) is 1.94. The molecular formula is C10H9IN4O4. The Kier molecular flexibility index (Phi) is 5.02. The highest BCUT2D eigenvalue weighted by molar-refractivity contribution is 14.1. The second kappa shape index (κ2) is 6.30. The van der Waals surface area contributed by atoms with Crippen LogP contribution in [0.1, 0.15) is 5.56 Å². The quantitative estimate of drug-likeness (QED) is 0.428. The van der Waals surface area contributed by atoms with Crippen molar-refractivity contribution in [2.75, 3.05) is 6.61 Å². The molecule has 9 heteroatoms. The van der Waals surface area contributed by atoms with Crippen LogP contribution >= 0.6 is 22.6 Å². The van der Waals surface area contributed by atoms with E-state index in [1.165, 1.54) is 6.07 Å². The van der Waals surface area contributed by atoms with Crippen molar-refractivity contribution in [2.45, 2.75) is 6.04 Å². The number of benzene rings is 1. The Labute approximate surface area is 121 Å². The molecule has 0 saturated heterocycles. The number of nitriles is 1. The third kappa shape index (κ3) is 3.76. The highest BCUT2D eigenvalue weighted by Crippen LogP contribution is 2.33. The molecule has 1 atom stereocenters. The number of nitro groups is 1. The molecule has 0 aliphatic rings. The summed E-state index contributed by atoms with van der Waals surface area (Å²) in [4.78, 5) is 21.0. The minimum atomic E-state index is -1.06. The Morgan fingerprint density at radius 1 is 1.63 bits per heavy atom. The molecule has 0 aliphatic carbocycles. The van der Waals surface area contributed by atoms with E-state index >= 15 is 0 Å². The molecule has 0 aromatic heterocycles. The Morgan fingerprint density at radius 3 is 2.74 bits per heavy atom. The van der Waals surface area contributed by atoms with Crippen LogP contribution in [0.15, 0.2) is 12.1 Å². The number of nitrogens with zero attached hydrogens (tertiary/aromatic N) is 2. The summed E-state index contributed by atoms with van der Waals surface area (Å²) in [7, 11) is 0. The Hall–Kier alpha value is -1.93. The van der Waals surface area contributed by atoms with E-state index in [1.54, 1.807) is 22.6 Å². The Balaban J connectivity index is 3.09. The Bertz CT molecular complexity index is 569. The molecule has 1 unspecified atom stereocenters. The van der Waals surface area contributed by atoms with Gasteiger partial charge in [-0.15, -0.1) is 0 Å². The van der Waals surface area contributed by atoms with E-state index in [2.05, 4.69) is 0 Å². The van der Waals surface area contributed by atoms with Crippen molar-refractivity contribution in [2.24, 2.45) is 11.5 Å². The van der Waals surface area contributed by atoms with Gasteiger partial charge in [-0.25, -0.2) is 0 Å². The lowest BCUT2D eigenvalue weighted by atomic mass is 10.2. The van der Waals surface area contributed by atoms with Crippen molar-refractivity contribution in [3.8, 4) is 11.8 Å². The fraction of sp³-hybridized carbons (Fsp3) is 0.200. The van der Waals surface area contributed by atoms with Crippen molar-refractivity contribution in [3.05, 3.63) is 31.4 Å². The van der Waals surface area contributed by atoms with Crippen LogP contribution in [0.3, 0.4) is 0 Å². The van der Waals surface area contributed by atoms with Gasteiger partial charge in [0.2, 0.25) is 11.7 Å². The van der Waals surface area contributed by atoms with Gasteiger partial charge in [-0.2, -0.15) is 5.26 Å². The van der Waals surface area contributed by atoms with Gasteiger partial charge >= 0.3 is 5.69 Å². The highest BCUT2D eigenvalue weighted by Gasteiger charge is 2.22. The predicted molar refractivity (Wildman–Crippen MR) is 73.2 cm³/mol. The van der Waals surface area contributed by atoms with E-state index in [9.17, 15) is 14.9 Å². The lowest BCUT2D eigenvalue weighted by molar-refractivity contribution is -0.386. The van der Waals surface area contributed by atoms with Gasteiger partial charge in [0.05, 0.1) is 20.1 Å². The number of nitro benzene ring substituents is 1. The molecule has 0 heterocycles. The number of rotatable bonds is 5. The third-order valence-corrected chi connectivity index (χ3v) is 2.92. The van der Waals surface area contributed by atoms with Crippen LogP contribution in [-0.2, 0) is 4.79 Å². The molecule has 0 bridgehead atoms. The second-order valence-electron chi connectivity index (χ2n) is 3.50. The SMILES string of the molecule is N#Cc1cc(I)c(OCC(N)C(N)=O)c([N+](=O)[O-])c1. The zero-order valence-electron chi connectivity index (χ0n) is 9.50. The predicted octanol–water partition coefficient (Wildman–Crippen LogP) is 0.262. The lowest BCUT2D eigenvalue weighted by Gasteiger charge is -2.11. The molecular weight excluding hydrogens is 367 g/mol. The van der Waals surface area contributed by atoms with Crippen molar-refractivity contribution >= 4 is 34.2 Å². The van der Waals surface area contributed by atoms with Gasteiger partial charge in [-0.05, 0) is 28.7 Å². The van der Waals surface area contributed by atoms with E-state index in [0.29, 0.717) is 3.57 Å². The molecule has 8 nitrogen and oxygen atoms in total. The largest absolute Gasteiger partial charge is 0.484 e. The zero-order chi connectivity index (χ0) is 14.6. The standard InChI is InChI=1S/C10H9IN4O4/c11-6-1-5(3-12)2-8(15(17)18)9(6)19-4-7(13)10(14)16/h1-2,7H,4,13H2,(H2,14,16). The van der Waals surface area contributed by atoms with Crippen molar-refractivity contribution in [3.63, 3.8) is 0 Å². The molecule has 0 fully saturated rings. The summed E-state index contributed by atoms with van der Waals surface area (Å²) in [6.45, 7) is -0.280. The number of halogens is 1. The van der Waals surface area contributed by atoms with Crippen LogP contribution in [0, 0.1) is 25.0 Å². The second-order valence-corrected chi connectivity index (χ2v) is 4.66. The van der Waals surface area contributed by atoms with Crippen molar-refractivity contribution in [1.82, 2.24) is 0 Å². The summed E-state index contributed by atoms with van der Waals surface area (Å²) < 4.78 is 5.54. The first-order valence-electron chi connectivity index (χ1n) is 4.92. The fourth-order valence-electron chi connectivity index (χ4n) is 1.18. The molecule has 0 radical (unpaired) electrons. The van der Waals surface area contributed by atoms with Crippen LogP contribution < -0.4 is 16.2 Å². The van der Waals surface area contributed by atoms with Gasteiger partial charge in [-0.1, -0.05) is 0 Å². The number of ether oxygens (including phenoxy) is 1. The van der Waals surface area contributed by atoms with E-state index in [4.69, 9.17) is 21.5 Å². The number of nitrogens with two attached hydrogens (primary N) is 2. The average molecular weight is 376 g/mol. The minimum Gasteiger partial charge on any atom is -0.484 e. The molecule has 100 valence electrons. The smallest absolute Gasteiger partial charge is 0.313 e. The molecule has 1 aromatic carbocycles. The summed E-state index contributed by atoms with van der Waals surface area (Å²) in [5.74, 6) is -0.812. The van der Waals surface area contributed by atoms with Crippen molar-refractivity contribution in [1.29, 1.82) is 5.26 Å². The topological polar surface area (TPSA) is 145 Å². The first-order chi connectivity index (χ1) is 8.86. The maximum Gasteiger partial charge on any atom is 0.313 e. The zero-order valence-corrected chi connectivity index (χ0v) is 11.7. The van der Waals surface area contributed by atoms with Gasteiger partial charge in [0.25, 0.3) is 0 Å². The maximum absolute atomic E-state index is 10.9. The van der Waals surface area contributed by atoms with E-state index in [-0.39, 0.29) is 23.6 Å². The number of carbonyl (C=O) groups is 1. The molecule has 1 aromatic rings. The van der Waals surface area contributed by atoms with Gasteiger partial charge < -0.3 is 16.2 Å². The molecule has 1 amide bonds. The van der Waals surface area contributed by atoms with Gasteiger partial charge in [0.15, 0.2) is 0 Å². The van der Waals surface area contributed by atoms with E-state index in [0.717, 1.165) is 6.07 Å². The number of primary amides is 1. The number of amides is 1. The van der Waals surface area contributed by atoms with Gasteiger partial charge in [0.1, 0.15) is 12.6 Å². The van der Waals surface area contributed by atoms with Gasteiger partial charge in [0, 0.05) is 6.07 Å². The summed E-state index contributed by atoms with van der Waals surface area (Å²) in [6, 6.07) is 3.27. The molecule has 0 saturated carbocycles. The summed E-state index contributed by atoms with van der Waals surface area (Å²) in [6.07, 6.45) is 0. The monoisotopic (exact) mass is 376 g/mol. The first kappa shape index (κ1) is 15.1. The third-order valence-electron chi connectivity index (χ3n) is 2.12. The van der Waals surface area contributed by atoms with Crippen LogP contribution in [0.2, 0.25) is 0 Å².